The number of amides is 3. The Hall–Kier alpha value is -4.17. The largest absolute Gasteiger partial charge is 0.330 e. The van der Waals surface area contributed by atoms with E-state index in [1.54, 1.807) is 42.8 Å². The van der Waals surface area contributed by atoms with Crippen molar-refractivity contribution in [2.75, 3.05) is 16.3 Å². The zero-order chi connectivity index (χ0) is 28.6. The van der Waals surface area contributed by atoms with Crippen molar-refractivity contribution in [3.8, 4) is 0 Å². The molecule has 40 heavy (non-hydrogen) atoms. The van der Waals surface area contributed by atoms with Gasteiger partial charge < -0.3 is 10.2 Å². The maximum atomic E-state index is 13.9. The van der Waals surface area contributed by atoms with Crippen LogP contribution in [0.3, 0.4) is 0 Å². The number of halogens is 2. The Bertz CT molecular complexity index is 1690. The first-order valence-corrected chi connectivity index (χ1v) is 14.5. The summed E-state index contributed by atoms with van der Waals surface area (Å²) in [6.07, 6.45) is 1.55. The van der Waals surface area contributed by atoms with Gasteiger partial charge in [-0.15, -0.1) is 11.3 Å². The first-order chi connectivity index (χ1) is 19.0. The number of urea groups is 1. The molecule has 0 radical (unpaired) electrons. The van der Waals surface area contributed by atoms with E-state index in [1.807, 2.05) is 4.72 Å². The maximum absolute atomic E-state index is 13.9. The Kier molecular flexibility index (Phi) is 7.38. The smallest absolute Gasteiger partial charge is 0.325 e. The van der Waals surface area contributed by atoms with Crippen molar-refractivity contribution in [1.82, 2.24) is 20.0 Å². The summed E-state index contributed by atoms with van der Waals surface area (Å²) in [6, 6.07) is 8.30. The van der Waals surface area contributed by atoms with Crippen molar-refractivity contribution in [3.05, 3.63) is 83.0 Å². The molecular weight excluding hydrogens is 562 g/mol. The van der Waals surface area contributed by atoms with Crippen LogP contribution >= 0.6 is 11.3 Å². The van der Waals surface area contributed by atoms with Gasteiger partial charge in [0.2, 0.25) is 5.91 Å². The van der Waals surface area contributed by atoms with Crippen LogP contribution < -0.4 is 19.2 Å². The highest BCUT2D eigenvalue weighted by Crippen LogP contribution is 2.31. The van der Waals surface area contributed by atoms with E-state index in [4.69, 9.17) is 0 Å². The molecule has 2 N–H and O–H groups in total. The van der Waals surface area contributed by atoms with Gasteiger partial charge >= 0.3 is 16.2 Å². The van der Waals surface area contributed by atoms with Gasteiger partial charge in [-0.3, -0.25) is 4.79 Å². The topological polar surface area (TPSA) is 125 Å². The van der Waals surface area contributed by atoms with Gasteiger partial charge in [0, 0.05) is 37.5 Å². The summed E-state index contributed by atoms with van der Waals surface area (Å²) in [7, 11) is -2.94. The molecule has 3 heterocycles. The zero-order valence-corrected chi connectivity index (χ0v) is 23.0. The molecule has 2 atom stereocenters. The van der Waals surface area contributed by atoms with Gasteiger partial charge in [0.25, 0.3) is 0 Å². The first-order valence-electron chi connectivity index (χ1n) is 12.1. The molecule has 0 bridgehead atoms. The Labute approximate surface area is 232 Å². The predicted molar refractivity (Wildman–Crippen MR) is 147 cm³/mol. The van der Waals surface area contributed by atoms with E-state index < -0.39 is 45.9 Å². The van der Waals surface area contributed by atoms with E-state index in [-0.39, 0.29) is 17.8 Å². The van der Waals surface area contributed by atoms with Crippen molar-refractivity contribution >= 4 is 55.2 Å². The molecule has 208 valence electrons. The second-order valence-electron chi connectivity index (χ2n) is 9.35. The van der Waals surface area contributed by atoms with E-state index in [2.05, 4.69) is 15.3 Å². The number of rotatable bonds is 7. The van der Waals surface area contributed by atoms with Crippen molar-refractivity contribution in [2.45, 2.75) is 31.8 Å². The summed E-state index contributed by atoms with van der Waals surface area (Å²) >= 11 is 1.43. The summed E-state index contributed by atoms with van der Waals surface area (Å²) in [4.78, 5) is 36.2. The van der Waals surface area contributed by atoms with E-state index in [0.717, 1.165) is 21.1 Å². The molecule has 0 saturated heterocycles. The van der Waals surface area contributed by atoms with Crippen LogP contribution in [0.5, 0.6) is 0 Å². The van der Waals surface area contributed by atoms with Gasteiger partial charge in [-0.2, -0.15) is 8.42 Å². The van der Waals surface area contributed by atoms with Crippen LogP contribution in [0, 0.1) is 11.6 Å². The van der Waals surface area contributed by atoms with Crippen LogP contribution in [0.2, 0.25) is 0 Å². The number of benzene rings is 2. The lowest BCUT2D eigenvalue weighted by atomic mass is 10.0. The SMILES string of the molecule is CC1Cc2cccnc2N1S(=O)(=O)NC(=O)NC(Cc1cc(F)cc(F)c1)C(=O)N(C)c1ccc2scnc2c1. The number of nitrogens with one attached hydrogen (secondary N) is 2. The van der Waals surface area contributed by atoms with Crippen molar-refractivity contribution in [1.29, 1.82) is 0 Å². The Morgan fingerprint density at radius 2 is 1.90 bits per heavy atom. The van der Waals surface area contributed by atoms with E-state index in [0.29, 0.717) is 29.3 Å². The summed E-state index contributed by atoms with van der Waals surface area (Å²) in [6.45, 7) is 1.68. The summed E-state index contributed by atoms with van der Waals surface area (Å²) in [5, 5.41) is 2.38. The van der Waals surface area contributed by atoms with E-state index >= 15 is 0 Å². The molecule has 2 aromatic carbocycles. The number of likely N-dealkylation sites (N-methyl/N-ethyl adjacent to an activating group) is 1. The molecule has 1 aliphatic rings. The Morgan fingerprint density at radius 3 is 2.65 bits per heavy atom. The normalized spacial score (nSPS) is 15.5. The molecule has 10 nitrogen and oxygen atoms in total. The second-order valence-corrected chi connectivity index (χ2v) is 11.8. The molecule has 0 spiro atoms. The van der Waals surface area contributed by atoms with Crippen LogP contribution in [0.4, 0.5) is 25.1 Å². The highest BCUT2D eigenvalue weighted by molar-refractivity contribution is 7.91. The number of carbonyl (C=O) groups is 2. The fraction of sp³-hybridized carbons (Fsp3) is 0.231. The Balaban J connectivity index is 1.39. The van der Waals surface area contributed by atoms with Crippen LogP contribution in [0.15, 0.2) is 60.2 Å². The maximum Gasteiger partial charge on any atom is 0.330 e. The number of nitrogens with zero attached hydrogens (tertiary/aromatic N) is 4. The minimum atomic E-state index is -4.41. The number of hydrogen-bond donors (Lipinski definition) is 2. The monoisotopic (exact) mass is 586 g/mol. The predicted octanol–water partition coefficient (Wildman–Crippen LogP) is 3.54. The molecule has 5 rings (SSSR count). The third-order valence-corrected chi connectivity index (χ3v) is 8.77. The van der Waals surface area contributed by atoms with Crippen LogP contribution in [-0.2, 0) is 27.8 Å². The first kappa shape index (κ1) is 27.4. The number of carbonyl (C=O) groups excluding carboxylic acids is 2. The van der Waals surface area contributed by atoms with Gasteiger partial charge in [0.15, 0.2) is 0 Å². The van der Waals surface area contributed by atoms with Crippen molar-refractivity contribution in [3.63, 3.8) is 0 Å². The number of thiazole rings is 1. The van der Waals surface area contributed by atoms with Crippen LogP contribution in [0.1, 0.15) is 18.1 Å². The molecule has 0 aliphatic carbocycles. The number of fused-ring (bicyclic) bond motifs is 2. The molecule has 0 saturated carbocycles. The van der Waals surface area contributed by atoms with E-state index in [9.17, 15) is 26.8 Å². The Morgan fingerprint density at radius 1 is 1.15 bits per heavy atom. The van der Waals surface area contributed by atoms with Gasteiger partial charge in [0.1, 0.15) is 23.5 Å². The molecule has 2 aromatic heterocycles. The van der Waals surface area contributed by atoms with Crippen molar-refractivity contribution < 1.29 is 26.8 Å². The van der Waals surface area contributed by atoms with Gasteiger partial charge in [0.05, 0.1) is 15.7 Å². The molecular formula is C26H24F2N6O4S2. The second kappa shape index (κ2) is 10.8. The minimum Gasteiger partial charge on any atom is -0.325 e. The van der Waals surface area contributed by atoms with Gasteiger partial charge in [-0.1, -0.05) is 6.07 Å². The molecule has 3 amide bonds. The molecule has 2 unspecified atom stereocenters. The lowest BCUT2D eigenvalue weighted by Gasteiger charge is -2.27. The third kappa shape index (κ3) is 5.58. The molecule has 0 fully saturated rings. The quantitative estimate of drug-likeness (QED) is 0.342. The standard InChI is InChI=1S/C26H24F2N6O4S2/c1-15-8-17-4-3-7-29-24(17)34(15)40(37,38)32-26(36)31-22(11-16-9-18(27)12-19(28)10-16)25(35)33(2)20-5-6-23-21(13-20)30-14-39-23/h3-7,9-10,12-15,22H,8,11H2,1-2H3,(H2,31,32,36). The number of aromatic nitrogens is 2. The van der Waals surface area contributed by atoms with Gasteiger partial charge in [-0.25, -0.2) is 32.6 Å². The highest BCUT2D eigenvalue weighted by Gasteiger charge is 2.38. The summed E-state index contributed by atoms with van der Waals surface area (Å²) in [5.41, 5.74) is 3.59. The van der Waals surface area contributed by atoms with Crippen LogP contribution in [0.25, 0.3) is 10.2 Å². The van der Waals surface area contributed by atoms with Crippen LogP contribution in [-0.4, -0.2) is 49.5 Å². The fourth-order valence-corrected chi connectivity index (χ4v) is 6.67. The lowest BCUT2D eigenvalue weighted by Crippen LogP contribution is -2.55. The number of anilines is 2. The average molecular weight is 587 g/mol. The zero-order valence-electron chi connectivity index (χ0n) is 21.3. The number of hydrogen-bond acceptors (Lipinski definition) is 7. The van der Waals surface area contributed by atoms with Gasteiger partial charge in [-0.05, 0) is 60.9 Å². The number of pyridine rings is 1. The summed E-state index contributed by atoms with van der Waals surface area (Å²) < 4.78 is 58.0. The molecule has 1 aliphatic heterocycles. The highest BCUT2D eigenvalue weighted by atomic mass is 32.2. The minimum absolute atomic E-state index is 0.0913. The molecule has 4 aromatic rings. The van der Waals surface area contributed by atoms with Crippen molar-refractivity contribution in [2.24, 2.45) is 0 Å². The van der Waals surface area contributed by atoms with E-state index in [1.165, 1.54) is 29.5 Å². The fourth-order valence-electron chi connectivity index (χ4n) is 4.68. The third-order valence-electron chi connectivity index (χ3n) is 6.47. The lowest BCUT2D eigenvalue weighted by molar-refractivity contribution is -0.120. The average Bonchev–Trinajstić information content (AvgIpc) is 3.49. The molecule has 14 heteroatoms. The summed E-state index contributed by atoms with van der Waals surface area (Å²) in [5.74, 6) is -2.15.